The van der Waals surface area contributed by atoms with Crippen LogP contribution in [0.1, 0.15) is 64.0 Å². The number of amides is 1. The molecular formula is C21H35ClN2O. The van der Waals surface area contributed by atoms with Crippen LogP contribution in [0.5, 0.6) is 0 Å². The number of likely N-dealkylation sites (tertiary alicyclic amines) is 1. The van der Waals surface area contributed by atoms with Crippen molar-refractivity contribution in [1.29, 1.82) is 0 Å². The van der Waals surface area contributed by atoms with E-state index in [9.17, 15) is 4.79 Å². The molecule has 2 N–H and O–H groups in total. The van der Waals surface area contributed by atoms with Crippen LogP contribution in [-0.4, -0.2) is 30.4 Å². The minimum absolute atomic E-state index is 0. The number of piperidine rings is 1. The van der Waals surface area contributed by atoms with Crippen molar-refractivity contribution in [3.05, 3.63) is 35.4 Å². The smallest absolute Gasteiger partial charge is 0.222 e. The van der Waals surface area contributed by atoms with Gasteiger partial charge in [0.05, 0.1) is 0 Å². The molecule has 1 aromatic carbocycles. The molecule has 0 bridgehead atoms. The molecule has 1 fully saturated rings. The van der Waals surface area contributed by atoms with E-state index in [1.54, 1.807) is 0 Å². The summed E-state index contributed by atoms with van der Waals surface area (Å²) in [4.78, 5) is 14.3. The summed E-state index contributed by atoms with van der Waals surface area (Å²) >= 11 is 0. The molecule has 0 aromatic heterocycles. The number of nitrogens with two attached hydrogens (primary N) is 1. The van der Waals surface area contributed by atoms with Crippen molar-refractivity contribution in [2.24, 2.45) is 11.7 Å². The second-order valence-corrected chi connectivity index (χ2v) is 8.21. The molecule has 142 valence electrons. The summed E-state index contributed by atoms with van der Waals surface area (Å²) in [7, 11) is 0. The molecule has 1 aromatic rings. The lowest BCUT2D eigenvalue weighted by molar-refractivity contribution is -0.132. The molecule has 1 amide bonds. The number of unbranched alkanes of at least 4 members (excludes halogenated alkanes) is 1. The highest BCUT2D eigenvalue weighted by Crippen LogP contribution is 2.23. The minimum atomic E-state index is 0. The summed E-state index contributed by atoms with van der Waals surface area (Å²) < 4.78 is 0. The lowest BCUT2D eigenvalue weighted by Gasteiger charge is -2.31. The molecule has 2 rings (SSSR count). The second kappa shape index (κ2) is 10.2. The minimum Gasteiger partial charge on any atom is -0.343 e. The van der Waals surface area contributed by atoms with Crippen LogP contribution < -0.4 is 5.73 Å². The number of hydrogen-bond donors (Lipinski definition) is 1. The first-order valence-electron chi connectivity index (χ1n) is 9.47. The first kappa shape index (κ1) is 22.0. The fraction of sp³-hybridized carbons (Fsp3) is 0.667. The molecule has 1 aliphatic rings. The van der Waals surface area contributed by atoms with Gasteiger partial charge in [-0.2, -0.15) is 0 Å². The number of halogens is 1. The fourth-order valence-electron chi connectivity index (χ4n) is 3.35. The molecule has 0 aliphatic carbocycles. The first-order chi connectivity index (χ1) is 11.4. The molecule has 1 heterocycles. The normalized spacial score (nSPS) is 15.8. The van der Waals surface area contributed by atoms with E-state index in [0.717, 1.165) is 51.7 Å². The summed E-state index contributed by atoms with van der Waals surface area (Å²) in [5.41, 5.74) is 8.67. The monoisotopic (exact) mass is 366 g/mol. The number of hydrogen-bond acceptors (Lipinski definition) is 2. The van der Waals surface area contributed by atoms with Crippen molar-refractivity contribution in [2.75, 3.05) is 19.6 Å². The van der Waals surface area contributed by atoms with Gasteiger partial charge in [0.1, 0.15) is 0 Å². The fourth-order valence-corrected chi connectivity index (χ4v) is 3.35. The van der Waals surface area contributed by atoms with Gasteiger partial charge in [-0.3, -0.25) is 4.79 Å². The summed E-state index contributed by atoms with van der Waals surface area (Å²) in [5.74, 6) is 0.943. The van der Waals surface area contributed by atoms with Crippen molar-refractivity contribution in [2.45, 2.75) is 64.7 Å². The van der Waals surface area contributed by atoms with Gasteiger partial charge in [0.25, 0.3) is 0 Å². The zero-order valence-electron chi connectivity index (χ0n) is 16.1. The molecular weight excluding hydrogens is 332 g/mol. The van der Waals surface area contributed by atoms with Gasteiger partial charge >= 0.3 is 0 Å². The van der Waals surface area contributed by atoms with Crippen molar-refractivity contribution in [3.63, 3.8) is 0 Å². The van der Waals surface area contributed by atoms with Gasteiger partial charge in [0.2, 0.25) is 5.91 Å². The molecule has 0 saturated carbocycles. The third kappa shape index (κ3) is 6.99. The number of carbonyl (C=O) groups is 1. The Balaban J connectivity index is 0.00000312. The van der Waals surface area contributed by atoms with Gasteiger partial charge < -0.3 is 10.6 Å². The molecule has 3 nitrogen and oxygen atoms in total. The maximum Gasteiger partial charge on any atom is 0.222 e. The van der Waals surface area contributed by atoms with E-state index in [1.807, 2.05) is 4.90 Å². The lowest BCUT2D eigenvalue weighted by atomic mass is 9.86. The van der Waals surface area contributed by atoms with E-state index < -0.39 is 0 Å². The number of nitrogens with zero attached hydrogens (tertiary/aromatic N) is 1. The van der Waals surface area contributed by atoms with E-state index in [-0.39, 0.29) is 17.8 Å². The van der Waals surface area contributed by atoms with Gasteiger partial charge in [0.15, 0.2) is 0 Å². The second-order valence-electron chi connectivity index (χ2n) is 8.21. The zero-order chi connectivity index (χ0) is 17.6. The Bertz CT molecular complexity index is 514. The van der Waals surface area contributed by atoms with Crippen molar-refractivity contribution in [3.8, 4) is 0 Å². The average Bonchev–Trinajstić information content (AvgIpc) is 2.58. The largest absolute Gasteiger partial charge is 0.343 e. The number of carbonyl (C=O) groups excluding carboxylic acids is 1. The molecule has 25 heavy (non-hydrogen) atoms. The molecule has 4 heteroatoms. The van der Waals surface area contributed by atoms with E-state index in [1.165, 1.54) is 11.1 Å². The maximum absolute atomic E-state index is 12.3. The van der Waals surface area contributed by atoms with E-state index in [0.29, 0.717) is 18.2 Å². The van der Waals surface area contributed by atoms with Gasteiger partial charge in [-0.05, 0) is 61.1 Å². The van der Waals surface area contributed by atoms with Gasteiger partial charge in [-0.15, -0.1) is 12.4 Å². The predicted molar refractivity (Wildman–Crippen MR) is 108 cm³/mol. The Morgan fingerprint density at radius 1 is 1.12 bits per heavy atom. The Kier molecular flexibility index (Phi) is 8.95. The molecule has 1 aliphatic heterocycles. The summed E-state index contributed by atoms with van der Waals surface area (Å²) in [6.07, 6.45) is 5.96. The third-order valence-electron chi connectivity index (χ3n) is 5.23. The molecule has 0 radical (unpaired) electrons. The van der Waals surface area contributed by atoms with Crippen molar-refractivity contribution < 1.29 is 4.79 Å². The van der Waals surface area contributed by atoms with Crippen molar-refractivity contribution in [1.82, 2.24) is 4.90 Å². The number of rotatable bonds is 6. The Morgan fingerprint density at radius 3 is 2.24 bits per heavy atom. The van der Waals surface area contributed by atoms with E-state index in [2.05, 4.69) is 45.0 Å². The number of aryl methyl sites for hydroxylation is 1. The highest BCUT2D eigenvalue weighted by Gasteiger charge is 2.21. The van der Waals surface area contributed by atoms with Crippen LogP contribution in [0, 0.1) is 5.92 Å². The summed E-state index contributed by atoms with van der Waals surface area (Å²) in [5, 5.41) is 0. The predicted octanol–water partition coefficient (Wildman–Crippen LogP) is 4.32. The first-order valence-corrected chi connectivity index (χ1v) is 9.47. The third-order valence-corrected chi connectivity index (χ3v) is 5.23. The molecule has 0 atom stereocenters. The summed E-state index contributed by atoms with van der Waals surface area (Å²) in [6.45, 7) is 9.28. The topological polar surface area (TPSA) is 46.3 Å². The Morgan fingerprint density at radius 2 is 1.72 bits per heavy atom. The van der Waals surface area contributed by atoms with Crippen LogP contribution in [0.15, 0.2) is 24.3 Å². The van der Waals surface area contributed by atoms with Gasteiger partial charge in [0, 0.05) is 19.5 Å². The van der Waals surface area contributed by atoms with Gasteiger partial charge in [-0.25, -0.2) is 0 Å². The number of benzene rings is 1. The van der Waals surface area contributed by atoms with Crippen LogP contribution in [0.25, 0.3) is 0 Å². The van der Waals surface area contributed by atoms with Crippen LogP contribution in [-0.2, 0) is 16.6 Å². The molecule has 0 spiro atoms. The highest BCUT2D eigenvalue weighted by molar-refractivity contribution is 5.85. The van der Waals surface area contributed by atoms with Crippen LogP contribution in [0.2, 0.25) is 0 Å². The van der Waals surface area contributed by atoms with Crippen LogP contribution in [0.4, 0.5) is 0 Å². The van der Waals surface area contributed by atoms with Gasteiger partial charge in [-0.1, -0.05) is 45.0 Å². The quantitative estimate of drug-likeness (QED) is 0.762. The van der Waals surface area contributed by atoms with E-state index in [4.69, 9.17) is 5.73 Å². The van der Waals surface area contributed by atoms with Crippen LogP contribution in [0.3, 0.4) is 0 Å². The standard InChI is InChI=1S/C21H34N2O.ClH/c1-21(2,3)19-10-8-17(9-11-19)6-4-5-7-20(24)23-14-12-18(16-22)13-15-23;/h8-11,18H,4-7,12-16,22H2,1-3H3;1H. The highest BCUT2D eigenvalue weighted by atomic mass is 35.5. The Labute approximate surface area is 159 Å². The SMILES string of the molecule is CC(C)(C)c1ccc(CCCCC(=O)N2CCC(CN)CC2)cc1.Cl. The molecule has 0 unspecified atom stereocenters. The molecule has 1 saturated heterocycles. The summed E-state index contributed by atoms with van der Waals surface area (Å²) in [6, 6.07) is 8.95. The Hall–Kier alpha value is -1.06. The maximum atomic E-state index is 12.3. The van der Waals surface area contributed by atoms with Crippen LogP contribution >= 0.6 is 12.4 Å². The van der Waals surface area contributed by atoms with Crippen molar-refractivity contribution >= 4 is 18.3 Å². The average molecular weight is 367 g/mol. The zero-order valence-corrected chi connectivity index (χ0v) is 16.9. The lowest BCUT2D eigenvalue weighted by Crippen LogP contribution is -2.39. The van der Waals surface area contributed by atoms with E-state index >= 15 is 0 Å².